The minimum Gasteiger partial charge on any atom is -0.366 e. The number of nitrogens with zero attached hydrogens (tertiary/aromatic N) is 1. The van der Waals surface area contributed by atoms with Crippen LogP contribution in [0.3, 0.4) is 0 Å². The highest BCUT2D eigenvalue weighted by Gasteiger charge is 2.23. The van der Waals surface area contributed by atoms with Gasteiger partial charge in [-0.05, 0) is 28.5 Å². The van der Waals surface area contributed by atoms with Crippen LogP contribution < -0.4 is 4.90 Å². The summed E-state index contributed by atoms with van der Waals surface area (Å²) in [5.74, 6) is 0.255. The summed E-state index contributed by atoms with van der Waals surface area (Å²) in [6.07, 6.45) is 0.595. The highest BCUT2D eigenvalue weighted by Crippen LogP contribution is 2.32. The van der Waals surface area contributed by atoms with Crippen LogP contribution in [0.15, 0.2) is 66.7 Å². The molecule has 1 aliphatic rings. The quantitative estimate of drug-likeness (QED) is 0.695. The predicted octanol–water partition coefficient (Wildman–Crippen LogP) is 4.43. The van der Waals surface area contributed by atoms with Crippen molar-refractivity contribution < 1.29 is 4.79 Å². The first-order valence-corrected chi connectivity index (χ1v) is 7.66. The number of rotatable bonds is 2. The van der Waals surface area contributed by atoms with Gasteiger partial charge >= 0.3 is 0 Å². The molecule has 2 heteroatoms. The molecule has 0 aromatic heterocycles. The van der Waals surface area contributed by atoms with E-state index in [9.17, 15) is 4.79 Å². The van der Waals surface area contributed by atoms with Crippen molar-refractivity contribution in [1.82, 2.24) is 0 Å². The highest BCUT2D eigenvalue weighted by atomic mass is 16.1. The second-order valence-corrected chi connectivity index (χ2v) is 5.80. The van der Waals surface area contributed by atoms with Gasteiger partial charge in [0.15, 0.2) is 5.78 Å². The van der Waals surface area contributed by atoms with Gasteiger partial charge in [-0.25, -0.2) is 0 Å². The molecule has 22 heavy (non-hydrogen) atoms. The third kappa shape index (κ3) is 2.27. The standard InChI is InChI=1S/C20H17NO/c22-20-10-11-21(14-15-6-2-1-3-7-15)19-13-17-9-5-4-8-16(17)12-18(19)20/h1-9,12-13H,10-11,14H2. The molecule has 108 valence electrons. The van der Waals surface area contributed by atoms with Gasteiger partial charge in [-0.3, -0.25) is 4.79 Å². The lowest BCUT2D eigenvalue weighted by Gasteiger charge is -2.31. The van der Waals surface area contributed by atoms with Gasteiger partial charge in [-0.1, -0.05) is 54.6 Å². The minimum atomic E-state index is 0.255. The molecule has 0 bridgehead atoms. The van der Waals surface area contributed by atoms with Crippen LogP contribution in [-0.2, 0) is 6.54 Å². The Hall–Kier alpha value is -2.61. The fourth-order valence-corrected chi connectivity index (χ4v) is 3.17. The molecule has 3 aromatic carbocycles. The summed E-state index contributed by atoms with van der Waals surface area (Å²) in [7, 11) is 0. The highest BCUT2D eigenvalue weighted by molar-refractivity contribution is 6.07. The Morgan fingerprint density at radius 2 is 1.55 bits per heavy atom. The lowest BCUT2D eigenvalue weighted by atomic mass is 9.96. The Morgan fingerprint density at radius 1 is 0.864 bits per heavy atom. The number of carbonyl (C=O) groups excluding carboxylic acids is 1. The number of carbonyl (C=O) groups is 1. The van der Waals surface area contributed by atoms with E-state index in [1.165, 1.54) is 10.9 Å². The molecule has 0 saturated heterocycles. The SMILES string of the molecule is O=C1CCN(Cc2ccccc2)c2cc3ccccc3cc21. The smallest absolute Gasteiger partial charge is 0.166 e. The van der Waals surface area contributed by atoms with E-state index in [1.54, 1.807) is 0 Å². The Balaban J connectivity index is 1.79. The molecule has 0 unspecified atom stereocenters. The summed E-state index contributed by atoms with van der Waals surface area (Å²) in [6.45, 7) is 1.64. The minimum absolute atomic E-state index is 0.255. The molecule has 2 nitrogen and oxygen atoms in total. The van der Waals surface area contributed by atoms with Gasteiger partial charge in [-0.15, -0.1) is 0 Å². The Morgan fingerprint density at radius 3 is 2.32 bits per heavy atom. The summed E-state index contributed by atoms with van der Waals surface area (Å²) in [5.41, 5.74) is 3.20. The number of benzene rings is 3. The molecule has 0 aliphatic carbocycles. The second-order valence-electron chi connectivity index (χ2n) is 5.80. The van der Waals surface area contributed by atoms with Gasteiger partial charge < -0.3 is 4.90 Å². The normalized spacial score (nSPS) is 14.2. The topological polar surface area (TPSA) is 20.3 Å². The van der Waals surface area contributed by atoms with E-state index in [2.05, 4.69) is 47.4 Å². The van der Waals surface area contributed by atoms with Crippen LogP contribution >= 0.6 is 0 Å². The molecule has 0 atom stereocenters. The Kier molecular flexibility index (Phi) is 3.15. The van der Waals surface area contributed by atoms with E-state index in [0.29, 0.717) is 6.42 Å². The average molecular weight is 287 g/mol. The number of hydrogen-bond donors (Lipinski definition) is 0. The molecule has 0 spiro atoms. The van der Waals surface area contributed by atoms with E-state index in [0.717, 1.165) is 29.7 Å². The zero-order chi connectivity index (χ0) is 14.9. The van der Waals surface area contributed by atoms with Crippen LogP contribution in [0.4, 0.5) is 5.69 Å². The Labute approximate surface area is 130 Å². The predicted molar refractivity (Wildman–Crippen MR) is 90.4 cm³/mol. The number of Topliss-reactive ketones (excluding diaryl/α,β-unsaturated/α-hetero) is 1. The van der Waals surface area contributed by atoms with Gasteiger partial charge in [0.2, 0.25) is 0 Å². The lowest BCUT2D eigenvalue weighted by Crippen LogP contribution is -2.31. The molecule has 1 aliphatic heterocycles. The molecule has 0 N–H and O–H groups in total. The van der Waals surface area contributed by atoms with Crippen molar-refractivity contribution in [3.05, 3.63) is 77.9 Å². The van der Waals surface area contributed by atoms with Gasteiger partial charge in [0.1, 0.15) is 0 Å². The van der Waals surface area contributed by atoms with E-state index < -0.39 is 0 Å². The van der Waals surface area contributed by atoms with Gasteiger partial charge in [0.25, 0.3) is 0 Å². The van der Waals surface area contributed by atoms with Crippen molar-refractivity contribution in [2.75, 3.05) is 11.4 Å². The van der Waals surface area contributed by atoms with Crippen LogP contribution in [0.5, 0.6) is 0 Å². The number of hydrogen-bond acceptors (Lipinski definition) is 2. The van der Waals surface area contributed by atoms with Crippen molar-refractivity contribution in [3.8, 4) is 0 Å². The molecule has 0 amide bonds. The summed E-state index contributed by atoms with van der Waals surface area (Å²) in [5, 5.41) is 2.32. The van der Waals surface area contributed by atoms with Crippen LogP contribution in [0.25, 0.3) is 10.8 Å². The maximum Gasteiger partial charge on any atom is 0.166 e. The van der Waals surface area contributed by atoms with Crippen LogP contribution in [0.1, 0.15) is 22.3 Å². The summed E-state index contributed by atoms with van der Waals surface area (Å²) < 4.78 is 0. The molecule has 0 radical (unpaired) electrons. The fraction of sp³-hybridized carbons (Fsp3) is 0.150. The number of fused-ring (bicyclic) bond motifs is 2. The average Bonchev–Trinajstić information content (AvgIpc) is 2.57. The lowest BCUT2D eigenvalue weighted by molar-refractivity contribution is 0.0980. The van der Waals surface area contributed by atoms with Crippen molar-refractivity contribution >= 4 is 22.2 Å². The zero-order valence-corrected chi connectivity index (χ0v) is 12.3. The van der Waals surface area contributed by atoms with E-state index in [4.69, 9.17) is 0 Å². The van der Waals surface area contributed by atoms with Crippen LogP contribution in [0, 0.1) is 0 Å². The first kappa shape index (κ1) is 13.1. The van der Waals surface area contributed by atoms with Gasteiger partial charge in [-0.2, -0.15) is 0 Å². The maximum absolute atomic E-state index is 12.3. The zero-order valence-electron chi connectivity index (χ0n) is 12.3. The van der Waals surface area contributed by atoms with Gasteiger partial charge in [0, 0.05) is 30.8 Å². The molecule has 1 heterocycles. The van der Waals surface area contributed by atoms with Crippen molar-refractivity contribution in [3.63, 3.8) is 0 Å². The van der Waals surface area contributed by atoms with E-state index in [1.807, 2.05) is 24.3 Å². The molecule has 3 aromatic rings. The van der Waals surface area contributed by atoms with E-state index in [-0.39, 0.29) is 5.78 Å². The molecular weight excluding hydrogens is 270 g/mol. The van der Waals surface area contributed by atoms with Crippen LogP contribution in [-0.4, -0.2) is 12.3 Å². The van der Waals surface area contributed by atoms with E-state index >= 15 is 0 Å². The second kappa shape index (κ2) is 5.30. The Bertz CT molecular complexity index is 839. The van der Waals surface area contributed by atoms with Gasteiger partial charge in [0.05, 0.1) is 0 Å². The third-order valence-corrected chi connectivity index (χ3v) is 4.33. The molecule has 0 fully saturated rings. The van der Waals surface area contributed by atoms with Crippen molar-refractivity contribution in [2.24, 2.45) is 0 Å². The monoisotopic (exact) mass is 287 g/mol. The molecular formula is C20H17NO. The summed E-state index contributed by atoms with van der Waals surface area (Å²) in [6, 6.07) is 22.9. The fourth-order valence-electron chi connectivity index (χ4n) is 3.17. The summed E-state index contributed by atoms with van der Waals surface area (Å²) >= 11 is 0. The summed E-state index contributed by atoms with van der Waals surface area (Å²) in [4.78, 5) is 14.6. The molecule has 4 rings (SSSR count). The largest absolute Gasteiger partial charge is 0.366 e. The number of ketones is 1. The van der Waals surface area contributed by atoms with Crippen LogP contribution in [0.2, 0.25) is 0 Å². The maximum atomic E-state index is 12.3. The molecule has 0 saturated carbocycles. The van der Waals surface area contributed by atoms with Crippen molar-refractivity contribution in [2.45, 2.75) is 13.0 Å². The number of anilines is 1. The first-order valence-electron chi connectivity index (χ1n) is 7.66. The van der Waals surface area contributed by atoms with Crippen molar-refractivity contribution in [1.29, 1.82) is 0 Å². The first-order chi connectivity index (χ1) is 10.8. The third-order valence-electron chi connectivity index (χ3n) is 4.33.